The van der Waals surface area contributed by atoms with E-state index in [9.17, 15) is 0 Å². The van der Waals surface area contributed by atoms with Crippen LogP contribution in [0.4, 0.5) is 0 Å². The molecule has 1 rings (SSSR count). The van der Waals surface area contributed by atoms with Crippen LogP contribution in [0.1, 0.15) is 32.5 Å². The lowest BCUT2D eigenvalue weighted by Crippen LogP contribution is -2.09. The van der Waals surface area contributed by atoms with Crippen LogP contribution in [-0.4, -0.2) is 48.0 Å². The van der Waals surface area contributed by atoms with Gasteiger partial charge in [-0.15, -0.1) is 5.10 Å². The van der Waals surface area contributed by atoms with E-state index in [2.05, 4.69) is 24.2 Å². The van der Waals surface area contributed by atoms with Crippen molar-refractivity contribution in [3.63, 3.8) is 0 Å². The summed E-state index contributed by atoms with van der Waals surface area (Å²) in [5.74, 6) is 0. The fourth-order valence-corrected chi connectivity index (χ4v) is 1.29. The molecule has 0 unspecified atom stereocenters. The molecule has 0 saturated carbocycles. The van der Waals surface area contributed by atoms with E-state index in [1.807, 2.05) is 17.8 Å². The molecule has 0 atom stereocenters. The highest BCUT2D eigenvalue weighted by Crippen LogP contribution is 2.03. The predicted molar refractivity (Wildman–Crippen MR) is 67.4 cm³/mol. The van der Waals surface area contributed by atoms with Crippen LogP contribution < -0.4 is 0 Å². The SMILES string of the molecule is CCOCCOCCOCc1cn(C(C)C)nn1. The fraction of sp³-hybridized carbons (Fsp3) is 0.833. The molecule has 0 aliphatic heterocycles. The van der Waals surface area contributed by atoms with Gasteiger partial charge in [-0.3, -0.25) is 0 Å². The standard InChI is InChI=1S/C12H23N3O3/c1-4-16-5-6-17-7-8-18-10-12-9-15(11(2)3)14-13-12/h9,11H,4-8,10H2,1-3H3. The number of rotatable bonds is 10. The minimum atomic E-state index is 0.327. The van der Waals surface area contributed by atoms with Crippen LogP contribution in [0.25, 0.3) is 0 Å². The first-order chi connectivity index (χ1) is 8.74. The van der Waals surface area contributed by atoms with Gasteiger partial charge in [-0.2, -0.15) is 0 Å². The van der Waals surface area contributed by atoms with Gasteiger partial charge in [0.2, 0.25) is 0 Å². The molecule has 1 aromatic heterocycles. The number of nitrogens with zero attached hydrogens (tertiary/aromatic N) is 3. The van der Waals surface area contributed by atoms with Gasteiger partial charge in [-0.1, -0.05) is 5.21 Å². The molecule has 1 aromatic rings. The minimum Gasteiger partial charge on any atom is -0.379 e. The topological polar surface area (TPSA) is 58.4 Å². The van der Waals surface area contributed by atoms with Crippen LogP contribution in [-0.2, 0) is 20.8 Å². The smallest absolute Gasteiger partial charge is 0.108 e. The first kappa shape index (κ1) is 15.1. The summed E-state index contributed by atoms with van der Waals surface area (Å²) in [6, 6.07) is 0.327. The van der Waals surface area contributed by atoms with Crippen LogP contribution in [0, 0.1) is 0 Å². The Hall–Kier alpha value is -0.980. The largest absolute Gasteiger partial charge is 0.379 e. The van der Waals surface area contributed by atoms with Crippen LogP contribution in [0.2, 0.25) is 0 Å². The van der Waals surface area contributed by atoms with Crippen LogP contribution in [0.15, 0.2) is 6.20 Å². The molecule has 0 amide bonds. The third-order valence-electron chi connectivity index (χ3n) is 2.28. The summed E-state index contributed by atoms with van der Waals surface area (Å²) in [5, 5.41) is 8.03. The molecule has 0 bridgehead atoms. The Morgan fingerprint density at radius 1 is 1.11 bits per heavy atom. The van der Waals surface area contributed by atoms with Crippen molar-refractivity contribution in [2.75, 3.05) is 33.0 Å². The molecule has 6 heteroatoms. The Kier molecular flexibility index (Phi) is 7.55. The summed E-state index contributed by atoms with van der Waals surface area (Å²) in [4.78, 5) is 0. The van der Waals surface area contributed by atoms with Gasteiger partial charge in [0.05, 0.1) is 39.2 Å². The van der Waals surface area contributed by atoms with Crippen LogP contribution >= 0.6 is 0 Å². The number of ether oxygens (including phenoxy) is 3. The molecule has 6 nitrogen and oxygen atoms in total. The predicted octanol–water partition coefficient (Wildman–Crippen LogP) is 1.43. The molecule has 0 spiro atoms. The first-order valence-corrected chi connectivity index (χ1v) is 6.38. The average Bonchev–Trinajstić information content (AvgIpc) is 2.81. The van der Waals surface area contributed by atoms with E-state index < -0.39 is 0 Å². The molecule has 104 valence electrons. The molecular formula is C12H23N3O3. The van der Waals surface area contributed by atoms with Gasteiger partial charge in [0.1, 0.15) is 5.69 Å². The van der Waals surface area contributed by atoms with Gasteiger partial charge in [0.25, 0.3) is 0 Å². The lowest BCUT2D eigenvalue weighted by Gasteiger charge is -2.04. The van der Waals surface area contributed by atoms with Gasteiger partial charge < -0.3 is 14.2 Å². The van der Waals surface area contributed by atoms with Gasteiger partial charge in [0, 0.05) is 12.6 Å². The fourth-order valence-electron chi connectivity index (χ4n) is 1.29. The molecule has 0 N–H and O–H groups in total. The Balaban J connectivity index is 2.00. The van der Waals surface area contributed by atoms with Crippen LogP contribution in [0.5, 0.6) is 0 Å². The average molecular weight is 257 g/mol. The molecule has 0 fully saturated rings. The third kappa shape index (κ3) is 6.09. The maximum absolute atomic E-state index is 5.44. The first-order valence-electron chi connectivity index (χ1n) is 6.38. The van der Waals surface area contributed by atoms with Gasteiger partial charge in [0.15, 0.2) is 0 Å². The Labute approximate surface area is 108 Å². The normalized spacial score (nSPS) is 11.3. The lowest BCUT2D eigenvalue weighted by molar-refractivity contribution is 0.0122. The quantitative estimate of drug-likeness (QED) is 0.593. The van der Waals surface area contributed by atoms with Crippen LogP contribution in [0.3, 0.4) is 0 Å². The summed E-state index contributed by atoms with van der Waals surface area (Å²) in [6.45, 7) is 9.67. The molecule has 1 heterocycles. The van der Waals surface area contributed by atoms with E-state index >= 15 is 0 Å². The second-order valence-electron chi connectivity index (χ2n) is 4.15. The van der Waals surface area contributed by atoms with Crippen molar-refractivity contribution in [2.45, 2.75) is 33.4 Å². The Bertz CT molecular complexity index is 315. The van der Waals surface area contributed by atoms with Crippen molar-refractivity contribution in [1.82, 2.24) is 15.0 Å². The molecule has 0 saturated heterocycles. The number of aromatic nitrogens is 3. The monoisotopic (exact) mass is 257 g/mol. The molecule has 0 aliphatic carbocycles. The number of hydrogen-bond donors (Lipinski definition) is 0. The second kappa shape index (κ2) is 9.02. The Morgan fingerprint density at radius 2 is 1.78 bits per heavy atom. The zero-order chi connectivity index (χ0) is 13.2. The second-order valence-corrected chi connectivity index (χ2v) is 4.15. The minimum absolute atomic E-state index is 0.327. The lowest BCUT2D eigenvalue weighted by atomic mass is 10.4. The van der Waals surface area contributed by atoms with Crippen molar-refractivity contribution in [1.29, 1.82) is 0 Å². The maximum atomic E-state index is 5.44. The van der Waals surface area contributed by atoms with E-state index in [-0.39, 0.29) is 0 Å². The zero-order valence-corrected chi connectivity index (χ0v) is 11.5. The van der Waals surface area contributed by atoms with Gasteiger partial charge in [-0.05, 0) is 20.8 Å². The molecule has 0 aromatic carbocycles. The summed E-state index contributed by atoms with van der Waals surface area (Å²) >= 11 is 0. The zero-order valence-electron chi connectivity index (χ0n) is 11.5. The van der Waals surface area contributed by atoms with Gasteiger partial charge >= 0.3 is 0 Å². The van der Waals surface area contributed by atoms with Crippen molar-refractivity contribution in [3.8, 4) is 0 Å². The number of hydrogen-bond acceptors (Lipinski definition) is 5. The summed E-state index contributed by atoms with van der Waals surface area (Å²) in [7, 11) is 0. The maximum Gasteiger partial charge on any atom is 0.108 e. The van der Waals surface area contributed by atoms with E-state index in [1.165, 1.54) is 0 Å². The Morgan fingerprint density at radius 3 is 2.39 bits per heavy atom. The molecule has 18 heavy (non-hydrogen) atoms. The summed E-state index contributed by atoms with van der Waals surface area (Å²) < 4.78 is 17.7. The highest BCUT2D eigenvalue weighted by molar-refractivity contribution is 4.90. The highest BCUT2D eigenvalue weighted by Gasteiger charge is 2.03. The van der Waals surface area contributed by atoms with Crippen molar-refractivity contribution in [3.05, 3.63) is 11.9 Å². The van der Waals surface area contributed by atoms with Crippen molar-refractivity contribution < 1.29 is 14.2 Å². The van der Waals surface area contributed by atoms with E-state index in [4.69, 9.17) is 14.2 Å². The van der Waals surface area contributed by atoms with Crippen molar-refractivity contribution in [2.24, 2.45) is 0 Å². The summed E-state index contributed by atoms with van der Waals surface area (Å²) in [5.41, 5.74) is 0.845. The molecule has 0 aliphatic rings. The highest BCUT2D eigenvalue weighted by atomic mass is 16.5. The van der Waals surface area contributed by atoms with E-state index in [1.54, 1.807) is 0 Å². The molecule has 0 radical (unpaired) electrons. The molecular weight excluding hydrogens is 234 g/mol. The summed E-state index contributed by atoms with van der Waals surface area (Å²) in [6.07, 6.45) is 1.90. The van der Waals surface area contributed by atoms with E-state index in [0.717, 1.165) is 12.3 Å². The van der Waals surface area contributed by atoms with Crippen molar-refractivity contribution >= 4 is 0 Å². The third-order valence-corrected chi connectivity index (χ3v) is 2.28. The van der Waals surface area contributed by atoms with E-state index in [0.29, 0.717) is 39.1 Å². The van der Waals surface area contributed by atoms with Gasteiger partial charge in [-0.25, -0.2) is 4.68 Å².